The minimum atomic E-state index is -0.0410. The normalized spacial score (nSPS) is 10.6. The van der Waals surface area contributed by atoms with E-state index in [1.807, 2.05) is 30.3 Å². The zero-order chi connectivity index (χ0) is 13.9. The van der Waals surface area contributed by atoms with Crippen molar-refractivity contribution in [3.05, 3.63) is 60.6 Å². The number of benzene rings is 1. The number of H-pyrrole nitrogens is 1. The number of carbonyl (C=O) groups excluding carboxylic acids is 1. The summed E-state index contributed by atoms with van der Waals surface area (Å²) in [6.07, 6.45) is 5.48. The molecule has 0 bridgehead atoms. The number of nitrogens with zero attached hydrogens (tertiary/aromatic N) is 2. The molecule has 2 aromatic heterocycles. The first-order chi connectivity index (χ1) is 9.74. The van der Waals surface area contributed by atoms with E-state index in [9.17, 15) is 4.79 Å². The summed E-state index contributed by atoms with van der Waals surface area (Å²) in [6.45, 7) is 0. The highest BCUT2D eigenvalue weighted by molar-refractivity contribution is 6.33. The van der Waals surface area contributed by atoms with Crippen LogP contribution in [0.4, 0.5) is 0 Å². The number of carbonyl (C=O) groups is 1. The minimum Gasteiger partial charge on any atom is -0.290 e. The number of hydrogen-bond donors (Lipinski definition) is 1. The SMILES string of the molecule is [B]c1ccccc1CC(=O)n1cc(-c2ccncc2)[nH]1. The second-order valence-corrected chi connectivity index (χ2v) is 4.53. The second-order valence-electron chi connectivity index (χ2n) is 4.53. The number of aromatic amines is 1. The highest BCUT2D eigenvalue weighted by Gasteiger charge is 2.12. The molecule has 0 saturated heterocycles. The summed E-state index contributed by atoms with van der Waals surface area (Å²) in [5, 5.41) is 3.01. The zero-order valence-electron chi connectivity index (χ0n) is 10.8. The Morgan fingerprint density at radius 1 is 1.20 bits per heavy atom. The first-order valence-electron chi connectivity index (χ1n) is 6.28. The van der Waals surface area contributed by atoms with E-state index in [-0.39, 0.29) is 12.3 Å². The smallest absolute Gasteiger partial charge is 0.249 e. The van der Waals surface area contributed by atoms with Gasteiger partial charge in [0.15, 0.2) is 0 Å². The molecule has 0 aliphatic carbocycles. The maximum atomic E-state index is 12.1. The van der Waals surface area contributed by atoms with Gasteiger partial charge in [-0.15, -0.1) is 0 Å². The number of aromatic nitrogens is 3. The number of pyridine rings is 1. The van der Waals surface area contributed by atoms with Gasteiger partial charge in [-0.1, -0.05) is 29.7 Å². The topological polar surface area (TPSA) is 50.7 Å². The molecule has 4 nitrogen and oxygen atoms in total. The van der Waals surface area contributed by atoms with Crippen molar-refractivity contribution >= 4 is 19.2 Å². The van der Waals surface area contributed by atoms with Crippen LogP contribution in [0.2, 0.25) is 0 Å². The summed E-state index contributed by atoms with van der Waals surface area (Å²) >= 11 is 0. The lowest BCUT2D eigenvalue weighted by Crippen LogP contribution is -2.23. The Labute approximate surface area is 117 Å². The maximum absolute atomic E-state index is 12.1. The predicted molar refractivity (Wildman–Crippen MR) is 78.2 cm³/mol. The lowest BCUT2D eigenvalue weighted by Gasteiger charge is -2.15. The fourth-order valence-electron chi connectivity index (χ4n) is 2.00. The van der Waals surface area contributed by atoms with E-state index in [2.05, 4.69) is 10.1 Å². The molecule has 5 heteroatoms. The molecule has 2 heterocycles. The van der Waals surface area contributed by atoms with Gasteiger partial charge in [-0.25, -0.2) is 4.68 Å². The lowest BCUT2D eigenvalue weighted by atomic mass is 9.89. The average molecular weight is 261 g/mol. The van der Waals surface area contributed by atoms with Crippen LogP contribution < -0.4 is 5.46 Å². The van der Waals surface area contributed by atoms with Crippen molar-refractivity contribution in [3.63, 3.8) is 0 Å². The van der Waals surface area contributed by atoms with Crippen LogP contribution in [0.15, 0.2) is 55.0 Å². The van der Waals surface area contributed by atoms with Crippen molar-refractivity contribution < 1.29 is 4.79 Å². The van der Waals surface area contributed by atoms with Crippen molar-refractivity contribution in [2.75, 3.05) is 0 Å². The molecule has 0 saturated carbocycles. The van der Waals surface area contributed by atoms with Crippen LogP contribution in [0.5, 0.6) is 0 Å². The van der Waals surface area contributed by atoms with Crippen LogP contribution in [0.1, 0.15) is 10.4 Å². The average Bonchev–Trinajstić information content (AvgIpc) is 2.41. The van der Waals surface area contributed by atoms with Crippen molar-refractivity contribution in [3.8, 4) is 11.3 Å². The van der Waals surface area contributed by atoms with E-state index in [0.717, 1.165) is 16.8 Å². The highest BCUT2D eigenvalue weighted by Crippen LogP contribution is 2.17. The quantitative estimate of drug-likeness (QED) is 0.727. The molecule has 0 aliphatic heterocycles. The molecular weight excluding hydrogens is 249 g/mol. The summed E-state index contributed by atoms with van der Waals surface area (Å²) in [4.78, 5) is 16.0. The second kappa shape index (κ2) is 5.21. The summed E-state index contributed by atoms with van der Waals surface area (Å²) in [6, 6.07) is 11.2. The van der Waals surface area contributed by atoms with Crippen molar-refractivity contribution in [2.24, 2.45) is 0 Å². The zero-order valence-corrected chi connectivity index (χ0v) is 10.8. The maximum Gasteiger partial charge on any atom is 0.249 e. The third-order valence-electron chi connectivity index (χ3n) is 3.16. The summed E-state index contributed by atoms with van der Waals surface area (Å²) < 4.78 is 1.47. The molecule has 0 aliphatic rings. The van der Waals surface area contributed by atoms with E-state index >= 15 is 0 Å². The van der Waals surface area contributed by atoms with Crippen LogP contribution in [-0.2, 0) is 6.42 Å². The van der Waals surface area contributed by atoms with Crippen molar-refractivity contribution in [1.29, 1.82) is 0 Å². The van der Waals surface area contributed by atoms with Crippen LogP contribution >= 0.6 is 0 Å². The predicted octanol–water partition coefficient (Wildman–Crippen LogP) is 1.55. The van der Waals surface area contributed by atoms with Crippen molar-refractivity contribution in [2.45, 2.75) is 6.42 Å². The Morgan fingerprint density at radius 3 is 2.60 bits per heavy atom. The van der Waals surface area contributed by atoms with Crippen LogP contribution in [-0.4, -0.2) is 28.5 Å². The van der Waals surface area contributed by atoms with Crippen LogP contribution in [0.25, 0.3) is 11.3 Å². The van der Waals surface area contributed by atoms with Crippen molar-refractivity contribution in [1.82, 2.24) is 14.8 Å². The van der Waals surface area contributed by atoms with E-state index in [0.29, 0.717) is 5.46 Å². The number of hydrogen-bond acceptors (Lipinski definition) is 2. The first-order valence-corrected chi connectivity index (χ1v) is 6.28. The van der Waals surface area contributed by atoms with Gasteiger partial charge in [0, 0.05) is 18.0 Å². The Hall–Kier alpha value is -2.56. The monoisotopic (exact) mass is 261 g/mol. The largest absolute Gasteiger partial charge is 0.290 e. The molecule has 20 heavy (non-hydrogen) atoms. The number of rotatable bonds is 3. The standard InChI is InChI=1S/C15H12BN3O/c16-13-4-2-1-3-12(13)9-15(20)19-10-14(18-19)11-5-7-17-8-6-11/h1-8,10,18H,9H2. The van der Waals surface area contributed by atoms with E-state index < -0.39 is 0 Å². The molecule has 3 aromatic rings. The van der Waals surface area contributed by atoms with Crippen LogP contribution in [0, 0.1) is 0 Å². The summed E-state index contributed by atoms with van der Waals surface area (Å²) in [7, 11) is 5.83. The van der Waals surface area contributed by atoms with E-state index in [1.54, 1.807) is 24.7 Å². The molecule has 0 atom stereocenters. The van der Waals surface area contributed by atoms with E-state index in [1.165, 1.54) is 4.68 Å². The lowest BCUT2D eigenvalue weighted by molar-refractivity contribution is 0.0891. The van der Waals surface area contributed by atoms with Gasteiger partial charge < -0.3 is 0 Å². The molecule has 96 valence electrons. The first kappa shape index (κ1) is 12.5. The van der Waals surface area contributed by atoms with Gasteiger partial charge in [-0.05, 0) is 17.7 Å². The third kappa shape index (κ3) is 2.43. The Kier molecular flexibility index (Phi) is 3.25. The summed E-state index contributed by atoms with van der Waals surface area (Å²) in [5.74, 6) is -0.0410. The van der Waals surface area contributed by atoms with Gasteiger partial charge in [-0.3, -0.25) is 14.9 Å². The Balaban J connectivity index is 1.72. The molecule has 0 fully saturated rings. The molecule has 0 spiro atoms. The molecule has 1 N–H and O–H groups in total. The van der Waals surface area contributed by atoms with Crippen LogP contribution in [0.3, 0.4) is 0 Å². The molecule has 1 aromatic carbocycles. The Morgan fingerprint density at radius 2 is 1.90 bits per heavy atom. The fourth-order valence-corrected chi connectivity index (χ4v) is 2.00. The fraction of sp³-hybridized carbons (Fsp3) is 0.0667. The van der Waals surface area contributed by atoms with Gasteiger partial charge in [0.1, 0.15) is 7.85 Å². The molecule has 0 amide bonds. The van der Waals surface area contributed by atoms with Gasteiger partial charge in [-0.2, -0.15) is 0 Å². The molecule has 3 rings (SSSR count). The highest BCUT2D eigenvalue weighted by atomic mass is 16.2. The molecule has 2 radical (unpaired) electrons. The minimum absolute atomic E-state index is 0.0410. The molecular formula is C15H12BN3O. The van der Waals surface area contributed by atoms with E-state index in [4.69, 9.17) is 7.85 Å². The van der Waals surface area contributed by atoms with Gasteiger partial charge in [0.05, 0.1) is 18.3 Å². The summed E-state index contributed by atoms with van der Waals surface area (Å²) in [5.41, 5.74) is 3.38. The van der Waals surface area contributed by atoms with Gasteiger partial charge >= 0.3 is 0 Å². The number of nitrogens with one attached hydrogen (secondary N) is 1. The Bertz CT molecular complexity index is 718. The van der Waals surface area contributed by atoms with Gasteiger partial charge in [0.2, 0.25) is 5.91 Å². The molecule has 0 unspecified atom stereocenters. The van der Waals surface area contributed by atoms with Gasteiger partial charge in [0.25, 0.3) is 0 Å². The third-order valence-corrected chi connectivity index (χ3v) is 3.16.